The number of sulfonamides is 1. The van der Waals surface area contributed by atoms with Crippen molar-refractivity contribution in [3.05, 3.63) is 24.3 Å². The fourth-order valence-electron chi connectivity index (χ4n) is 10.9. The van der Waals surface area contributed by atoms with Gasteiger partial charge in [-0.1, -0.05) is 41.0 Å². The maximum absolute atomic E-state index is 13.1. The van der Waals surface area contributed by atoms with Gasteiger partial charge >= 0.3 is 0 Å². The van der Waals surface area contributed by atoms with Crippen molar-refractivity contribution in [3.63, 3.8) is 0 Å². The lowest BCUT2D eigenvalue weighted by atomic mass is 9.41. The Morgan fingerprint density at radius 3 is 2.11 bits per heavy atom. The Bertz CT molecular complexity index is 1440. The molecule has 12 atom stereocenters. The minimum Gasteiger partial charge on any atom is -0.393 e. The summed E-state index contributed by atoms with van der Waals surface area (Å²) < 4.78 is 51.5. The fraction of sp³-hybridized carbons (Fsp3) is 0.794. The van der Waals surface area contributed by atoms with Gasteiger partial charge in [-0.2, -0.15) is 0 Å². The average Bonchev–Trinajstić information content (AvgIpc) is 3.30. The zero-order chi connectivity index (χ0) is 32.4. The van der Waals surface area contributed by atoms with Crippen LogP contribution in [-0.2, 0) is 24.7 Å². The molecule has 3 N–H and O–H groups in total. The Morgan fingerprint density at radius 2 is 1.50 bits per heavy atom. The lowest BCUT2D eigenvalue weighted by Gasteiger charge is -2.64. The first kappa shape index (κ1) is 33.9. The molecule has 44 heavy (non-hydrogen) atoms. The first-order valence-corrected chi connectivity index (χ1v) is 20.0. The number of aliphatic hydroxyl groups excluding tert-OH is 2. The molecular weight excluding hydrogens is 599 g/mol. The van der Waals surface area contributed by atoms with Crippen molar-refractivity contribution < 1.29 is 31.8 Å². The van der Waals surface area contributed by atoms with Gasteiger partial charge < -0.3 is 10.2 Å². The molecule has 10 heteroatoms. The van der Waals surface area contributed by atoms with Gasteiger partial charge in [-0.15, -0.1) is 0 Å². The van der Waals surface area contributed by atoms with Crippen molar-refractivity contribution >= 4 is 25.8 Å². The van der Waals surface area contributed by atoms with Gasteiger partial charge in [-0.05, 0) is 128 Å². The fourth-order valence-corrected chi connectivity index (χ4v) is 12.6. The molecule has 0 aromatic heterocycles. The van der Waals surface area contributed by atoms with E-state index in [1.165, 1.54) is 24.3 Å². The van der Waals surface area contributed by atoms with Gasteiger partial charge in [0.1, 0.15) is 0 Å². The minimum atomic E-state index is -4.14. The van der Waals surface area contributed by atoms with Gasteiger partial charge in [0.25, 0.3) is 10.0 Å². The lowest BCUT2D eigenvalue weighted by Crippen LogP contribution is -2.62. The molecule has 0 spiro atoms. The lowest BCUT2D eigenvalue weighted by molar-refractivity contribution is -0.203. The molecule has 4 aliphatic carbocycles. The summed E-state index contributed by atoms with van der Waals surface area (Å²) in [6, 6.07) is 4.87. The molecule has 0 radical (unpaired) electrons. The number of fused-ring (bicyclic) bond motifs is 5. The highest BCUT2D eigenvalue weighted by molar-refractivity contribution is 7.91. The number of hydrogen-bond donors (Lipinski definition) is 3. The van der Waals surface area contributed by atoms with Crippen molar-refractivity contribution in [1.29, 1.82) is 0 Å². The molecule has 1 amide bonds. The highest BCUT2D eigenvalue weighted by Crippen LogP contribution is 2.69. The van der Waals surface area contributed by atoms with Gasteiger partial charge in [0, 0.05) is 12.2 Å². The van der Waals surface area contributed by atoms with Gasteiger partial charge in [-0.25, -0.2) is 21.6 Å². The standard InChI is InChI=1S/C34H53NO7S2/c1-7-25-29-19-22(36)14-16-34(29,5)28-15-17-33(4)26(12-13-27(33)30(28)31(25)37)20(2)18-21(3)32(38)35-44(41,42)24-10-8-23(9-11-24)43(6,39)40/h8-11,20-22,25-31,36-37H,7,12-19H2,1-6H3,(H,35,38)/t20-,21?,22-,25-,26-,27?,28?,29+,30?,31-,33-,34-/m1/s1. The Morgan fingerprint density at radius 1 is 0.909 bits per heavy atom. The molecule has 4 saturated carbocycles. The van der Waals surface area contributed by atoms with E-state index in [1.807, 2.05) is 0 Å². The number of rotatable bonds is 8. The van der Waals surface area contributed by atoms with E-state index in [9.17, 15) is 31.8 Å². The molecule has 0 aliphatic heterocycles. The van der Waals surface area contributed by atoms with Crippen LogP contribution in [0, 0.1) is 58.2 Å². The van der Waals surface area contributed by atoms with Crippen LogP contribution >= 0.6 is 0 Å². The summed E-state index contributed by atoms with van der Waals surface area (Å²) in [6.07, 6.45) is 8.93. The quantitative estimate of drug-likeness (QED) is 0.352. The van der Waals surface area contributed by atoms with Gasteiger partial charge in [0.2, 0.25) is 5.91 Å². The number of carbonyl (C=O) groups excluding carboxylic acids is 1. The summed E-state index contributed by atoms with van der Waals surface area (Å²) in [4.78, 5) is 13.0. The second-order valence-electron chi connectivity index (χ2n) is 15.4. The number of sulfone groups is 1. The molecule has 1 aromatic rings. The largest absolute Gasteiger partial charge is 0.393 e. The van der Waals surface area contributed by atoms with Gasteiger partial charge in [0.15, 0.2) is 9.84 Å². The number of benzene rings is 1. The summed E-state index contributed by atoms with van der Waals surface area (Å²) in [7, 11) is -7.60. The van der Waals surface area contributed by atoms with Gasteiger partial charge in [-0.3, -0.25) is 4.79 Å². The van der Waals surface area contributed by atoms with Crippen LogP contribution < -0.4 is 4.72 Å². The molecule has 4 unspecified atom stereocenters. The zero-order valence-corrected chi connectivity index (χ0v) is 28.8. The van der Waals surface area contributed by atoms with Crippen LogP contribution in [0.25, 0.3) is 0 Å². The monoisotopic (exact) mass is 651 g/mol. The molecule has 8 nitrogen and oxygen atoms in total. The van der Waals surface area contributed by atoms with Gasteiger partial charge in [0.05, 0.1) is 22.0 Å². The van der Waals surface area contributed by atoms with Crippen molar-refractivity contribution in [1.82, 2.24) is 4.72 Å². The molecule has 1 aromatic carbocycles. The first-order valence-electron chi connectivity index (χ1n) is 16.7. The summed E-state index contributed by atoms with van der Waals surface area (Å²) >= 11 is 0. The molecule has 0 bridgehead atoms. The molecule has 4 fully saturated rings. The van der Waals surface area contributed by atoms with Crippen molar-refractivity contribution in [2.75, 3.05) is 6.26 Å². The molecular formula is C34H53NO7S2. The maximum Gasteiger partial charge on any atom is 0.264 e. The predicted octanol–water partition coefficient (Wildman–Crippen LogP) is 5.18. The van der Waals surface area contributed by atoms with E-state index in [2.05, 4.69) is 32.4 Å². The SMILES string of the molecule is CC[C@H]1[C@@H](O)C2C3CC[C@H]([C@H](C)CC(C)C(=O)NS(=O)(=O)c4ccc(S(C)(=O)=O)cc4)[C@@]3(C)CCC2[C@@]2(C)CC[C@@H](O)C[C@@H]12. The zero-order valence-electron chi connectivity index (χ0n) is 27.2. The first-order chi connectivity index (χ1) is 20.4. The van der Waals surface area contributed by atoms with Crippen LogP contribution in [-0.4, -0.2) is 51.4 Å². The van der Waals surface area contributed by atoms with Crippen molar-refractivity contribution in [2.45, 2.75) is 114 Å². The molecule has 248 valence electrons. The van der Waals surface area contributed by atoms with E-state index < -0.39 is 31.7 Å². The number of nitrogens with one attached hydrogen (secondary N) is 1. The van der Waals surface area contributed by atoms with Crippen LogP contribution in [0.5, 0.6) is 0 Å². The molecule has 4 aliphatic rings. The number of hydrogen-bond acceptors (Lipinski definition) is 7. The smallest absolute Gasteiger partial charge is 0.264 e. The third kappa shape index (κ3) is 5.79. The summed E-state index contributed by atoms with van der Waals surface area (Å²) in [6.45, 7) is 11.0. The van der Waals surface area contributed by atoms with E-state index >= 15 is 0 Å². The topological polar surface area (TPSA) is 138 Å². The Balaban J connectivity index is 1.27. The van der Waals surface area contributed by atoms with Crippen LogP contribution in [0.3, 0.4) is 0 Å². The average molecular weight is 652 g/mol. The van der Waals surface area contributed by atoms with E-state index in [4.69, 9.17) is 0 Å². The minimum absolute atomic E-state index is 0.0137. The van der Waals surface area contributed by atoms with Crippen LogP contribution in [0.1, 0.15) is 92.4 Å². The third-order valence-electron chi connectivity index (χ3n) is 13.1. The summed E-state index contributed by atoms with van der Waals surface area (Å²) in [5, 5.41) is 22.5. The summed E-state index contributed by atoms with van der Waals surface area (Å²) in [5.41, 5.74) is 0.207. The highest BCUT2D eigenvalue weighted by atomic mass is 32.2. The second-order valence-corrected chi connectivity index (χ2v) is 19.1. The van der Waals surface area contributed by atoms with Crippen LogP contribution in [0.15, 0.2) is 34.1 Å². The molecule has 5 rings (SSSR count). The highest BCUT2D eigenvalue weighted by Gasteiger charge is 2.64. The van der Waals surface area contributed by atoms with E-state index in [1.54, 1.807) is 6.92 Å². The predicted molar refractivity (Wildman–Crippen MR) is 170 cm³/mol. The Kier molecular flexibility index (Phi) is 9.19. The summed E-state index contributed by atoms with van der Waals surface area (Å²) in [5.74, 6) is 1.22. The van der Waals surface area contributed by atoms with Crippen LogP contribution in [0.4, 0.5) is 0 Å². The van der Waals surface area contributed by atoms with Crippen molar-refractivity contribution in [3.8, 4) is 0 Å². The Labute approximate surface area is 264 Å². The molecule has 0 heterocycles. The van der Waals surface area contributed by atoms with E-state index in [-0.39, 0.29) is 50.6 Å². The molecule has 0 saturated heterocycles. The van der Waals surface area contributed by atoms with Crippen molar-refractivity contribution in [2.24, 2.45) is 58.2 Å². The third-order valence-corrected chi connectivity index (χ3v) is 15.6. The normalized spacial score (nSPS) is 40.3. The number of carbonyl (C=O) groups is 1. The Hall–Kier alpha value is -1.49. The van der Waals surface area contributed by atoms with Crippen LogP contribution in [0.2, 0.25) is 0 Å². The number of amides is 1. The van der Waals surface area contributed by atoms with E-state index in [0.717, 1.165) is 57.6 Å². The second kappa shape index (κ2) is 11.9. The maximum atomic E-state index is 13.1. The number of aliphatic hydroxyl groups is 2. The van der Waals surface area contributed by atoms with E-state index in [0.29, 0.717) is 30.1 Å².